The molecule has 1 aliphatic carbocycles. The SMILES string of the molecule is O=C(NC1CCC(C(=O)O)CC1)c1ccc(=O)[nH]c1. The van der Waals surface area contributed by atoms with Crippen LogP contribution in [0.2, 0.25) is 0 Å². The van der Waals surface area contributed by atoms with Gasteiger partial charge in [-0.25, -0.2) is 0 Å². The molecule has 0 radical (unpaired) electrons. The van der Waals surface area contributed by atoms with Crippen LogP contribution in [0.25, 0.3) is 0 Å². The molecule has 0 unspecified atom stereocenters. The van der Waals surface area contributed by atoms with E-state index < -0.39 is 5.97 Å². The second kappa shape index (κ2) is 5.69. The number of aliphatic carboxylic acids is 1. The number of hydrogen-bond acceptors (Lipinski definition) is 3. The standard InChI is InChI=1S/C13H16N2O4/c16-11-6-3-9(7-14-11)12(17)15-10-4-1-8(2-5-10)13(18)19/h3,6-8,10H,1-2,4-5H2,(H,14,16)(H,15,17)(H,18,19). The smallest absolute Gasteiger partial charge is 0.306 e. The van der Waals surface area contributed by atoms with Crippen LogP contribution in [-0.2, 0) is 4.79 Å². The first-order valence-electron chi connectivity index (χ1n) is 6.28. The highest BCUT2D eigenvalue weighted by Gasteiger charge is 2.26. The van der Waals surface area contributed by atoms with E-state index in [4.69, 9.17) is 5.11 Å². The number of H-pyrrole nitrogens is 1. The zero-order chi connectivity index (χ0) is 13.8. The van der Waals surface area contributed by atoms with Crippen LogP contribution in [0.5, 0.6) is 0 Å². The molecule has 0 saturated heterocycles. The van der Waals surface area contributed by atoms with Crippen LogP contribution >= 0.6 is 0 Å². The second-order valence-corrected chi connectivity index (χ2v) is 4.80. The summed E-state index contributed by atoms with van der Waals surface area (Å²) in [5, 5.41) is 11.7. The normalized spacial score (nSPS) is 22.7. The van der Waals surface area contributed by atoms with Crippen LogP contribution < -0.4 is 10.9 Å². The van der Waals surface area contributed by atoms with Gasteiger partial charge in [-0.3, -0.25) is 14.4 Å². The molecule has 19 heavy (non-hydrogen) atoms. The number of carboxylic acids is 1. The zero-order valence-electron chi connectivity index (χ0n) is 10.4. The molecule has 1 heterocycles. The number of carboxylic acid groups (broad SMARTS) is 1. The first-order chi connectivity index (χ1) is 9.06. The van der Waals surface area contributed by atoms with Gasteiger partial charge in [0.25, 0.3) is 5.91 Å². The number of rotatable bonds is 3. The third kappa shape index (κ3) is 3.43. The zero-order valence-corrected chi connectivity index (χ0v) is 10.4. The fraction of sp³-hybridized carbons (Fsp3) is 0.462. The van der Waals surface area contributed by atoms with E-state index in [9.17, 15) is 14.4 Å². The van der Waals surface area contributed by atoms with Crippen molar-refractivity contribution in [1.82, 2.24) is 10.3 Å². The van der Waals surface area contributed by atoms with Crippen molar-refractivity contribution in [2.45, 2.75) is 31.7 Å². The maximum Gasteiger partial charge on any atom is 0.306 e. The molecular formula is C13H16N2O4. The van der Waals surface area contributed by atoms with Crippen LogP contribution in [0, 0.1) is 5.92 Å². The summed E-state index contributed by atoms with van der Waals surface area (Å²) in [5.41, 5.74) is 0.151. The Bertz CT molecular complexity index is 509. The van der Waals surface area contributed by atoms with Crippen molar-refractivity contribution >= 4 is 11.9 Å². The summed E-state index contributed by atoms with van der Waals surface area (Å²) < 4.78 is 0. The van der Waals surface area contributed by atoms with Gasteiger partial charge in [0.2, 0.25) is 5.56 Å². The van der Waals surface area contributed by atoms with Crippen LogP contribution in [0.15, 0.2) is 23.1 Å². The van der Waals surface area contributed by atoms with E-state index in [1.807, 2.05) is 0 Å². The van der Waals surface area contributed by atoms with E-state index in [0.717, 1.165) is 0 Å². The Morgan fingerprint density at radius 1 is 1.21 bits per heavy atom. The van der Waals surface area contributed by atoms with Crippen molar-refractivity contribution in [3.63, 3.8) is 0 Å². The van der Waals surface area contributed by atoms with Crippen molar-refractivity contribution < 1.29 is 14.7 Å². The molecule has 0 aromatic carbocycles. The van der Waals surface area contributed by atoms with Crippen molar-refractivity contribution in [1.29, 1.82) is 0 Å². The molecule has 6 heteroatoms. The summed E-state index contributed by atoms with van der Waals surface area (Å²) in [7, 11) is 0. The van der Waals surface area contributed by atoms with Gasteiger partial charge >= 0.3 is 5.97 Å². The van der Waals surface area contributed by atoms with Gasteiger partial charge in [0.1, 0.15) is 0 Å². The minimum atomic E-state index is -0.759. The Balaban J connectivity index is 1.89. The summed E-state index contributed by atoms with van der Waals surface area (Å²) >= 11 is 0. The van der Waals surface area contributed by atoms with E-state index >= 15 is 0 Å². The first kappa shape index (κ1) is 13.3. The lowest BCUT2D eigenvalue weighted by atomic mass is 9.86. The Morgan fingerprint density at radius 3 is 2.42 bits per heavy atom. The molecule has 1 saturated carbocycles. The number of amides is 1. The quantitative estimate of drug-likeness (QED) is 0.750. The Labute approximate surface area is 109 Å². The molecule has 0 spiro atoms. The summed E-state index contributed by atoms with van der Waals surface area (Å²) in [4.78, 5) is 36.0. The van der Waals surface area contributed by atoms with Crippen molar-refractivity contribution in [2.75, 3.05) is 0 Å². The Kier molecular flexibility index (Phi) is 3.99. The number of hydrogen-bond donors (Lipinski definition) is 3. The molecular weight excluding hydrogens is 248 g/mol. The maximum absolute atomic E-state index is 11.9. The topological polar surface area (TPSA) is 99.3 Å². The van der Waals surface area contributed by atoms with Crippen molar-refractivity contribution in [3.8, 4) is 0 Å². The molecule has 102 valence electrons. The fourth-order valence-corrected chi connectivity index (χ4v) is 2.31. The number of nitrogens with one attached hydrogen (secondary N) is 2. The van der Waals surface area contributed by atoms with Crippen LogP contribution in [0.4, 0.5) is 0 Å². The second-order valence-electron chi connectivity index (χ2n) is 4.80. The molecule has 1 aromatic rings. The highest BCUT2D eigenvalue weighted by Crippen LogP contribution is 2.24. The number of pyridine rings is 1. The number of carbonyl (C=O) groups is 2. The lowest BCUT2D eigenvalue weighted by Crippen LogP contribution is -2.38. The lowest BCUT2D eigenvalue weighted by Gasteiger charge is -2.26. The number of aromatic amines is 1. The molecule has 1 aliphatic rings. The monoisotopic (exact) mass is 264 g/mol. The summed E-state index contributed by atoms with van der Waals surface area (Å²) in [6, 6.07) is 2.78. The summed E-state index contributed by atoms with van der Waals surface area (Å²) in [6.45, 7) is 0. The Morgan fingerprint density at radius 2 is 1.89 bits per heavy atom. The van der Waals surface area contributed by atoms with Gasteiger partial charge in [-0.2, -0.15) is 0 Å². The minimum absolute atomic E-state index is 0.00929. The maximum atomic E-state index is 11.9. The molecule has 6 nitrogen and oxygen atoms in total. The molecule has 0 bridgehead atoms. The van der Waals surface area contributed by atoms with Gasteiger partial charge in [0, 0.05) is 18.3 Å². The number of carbonyl (C=O) groups excluding carboxylic acids is 1. The van der Waals surface area contributed by atoms with Gasteiger partial charge in [-0.05, 0) is 31.7 Å². The van der Waals surface area contributed by atoms with Crippen molar-refractivity contribution in [2.24, 2.45) is 5.92 Å². The number of aromatic nitrogens is 1. The molecule has 1 amide bonds. The van der Waals surface area contributed by atoms with Crippen LogP contribution in [0.1, 0.15) is 36.0 Å². The predicted molar refractivity (Wildman–Crippen MR) is 67.9 cm³/mol. The van der Waals surface area contributed by atoms with E-state index in [2.05, 4.69) is 10.3 Å². The average Bonchev–Trinajstić information content (AvgIpc) is 2.40. The van der Waals surface area contributed by atoms with Gasteiger partial charge in [-0.15, -0.1) is 0 Å². The van der Waals surface area contributed by atoms with Crippen molar-refractivity contribution in [3.05, 3.63) is 34.2 Å². The summed E-state index contributed by atoms with van der Waals surface area (Å²) in [6.07, 6.45) is 3.90. The molecule has 3 N–H and O–H groups in total. The lowest BCUT2D eigenvalue weighted by molar-refractivity contribution is -0.142. The third-order valence-electron chi connectivity index (χ3n) is 3.46. The minimum Gasteiger partial charge on any atom is -0.481 e. The fourth-order valence-electron chi connectivity index (χ4n) is 2.31. The largest absolute Gasteiger partial charge is 0.481 e. The van der Waals surface area contributed by atoms with Crippen LogP contribution in [0.3, 0.4) is 0 Å². The highest BCUT2D eigenvalue weighted by atomic mass is 16.4. The van der Waals surface area contributed by atoms with Crippen LogP contribution in [-0.4, -0.2) is 28.0 Å². The molecule has 0 aliphatic heterocycles. The van der Waals surface area contributed by atoms with E-state index in [1.54, 1.807) is 0 Å². The van der Waals surface area contributed by atoms with Gasteiger partial charge in [0.15, 0.2) is 0 Å². The van der Waals surface area contributed by atoms with Gasteiger partial charge < -0.3 is 15.4 Å². The van der Waals surface area contributed by atoms with Gasteiger partial charge in [-0.1, -0.05) is 0 Å². The average molecular weight is 264 g/mol. The summed E-state index contributed by atoms with van der Waals surface area (Å²) in [5.74, 6) is -1.29. The van der Waals surface area contributed by atoms with Gasteiger partial charge in [0.05, 0.1) is 11.5 Å². The predicted octanol–water partition coefficient (Wildman–Crippen LogP) is 0.748. The first-order valence-corrected chi connectivity index (χ1v) is 6.28. The van der Waals surface area contributed by atoms with E-state index in [1.165, 1.54) is 18.3 Å². The molecule has 1 fully saturated rings. The highest BCUT2D eigenvalue weighted by molar-refractivity contribution is 5.94. The Hall–Kier alpha value is -2.11. The molecule has 2 rings (SSSR count). The molecule has 0 atom stereocenters. The molecule has 1 aromatic heterocycles. The van der Waals surface area contributed by atoms with E-state index in [0.29, 0.717) is 31.2 Å². The third-order valence-corrected chi connectivity index (χ3v) is 3.46. The van der Waals surface area contributed by atoms with E-state index in [-0.39, 0.29) is 23.4 Å².